The van der Waals surface area contributed by atoms with Gasteiger partial charge in [-0.15, -0.1) is 0 Å². The molecule has 1 unspecified atom stereocenters. The third-order valence-corrected chi connectivity index (χ3v) is 5.54. The molecule has 34 heavy (non-hydrogen) atoms. The second kappa shape index (κ2) is 8.89. The summed E-state index contributed by atoms with van der Waals surface area (Å²) in [6, 6.07) is 18.0. The van der Waals surface area contributed by atoms with Crippen molar-refractivity contribution in [3.8, 4) is 16.9 Å². The molecule has 2 N–H and O–H groups in total. The van der Waals surface area contributed by atoms with Crippen LogP contribution in [0.5, 0.6) is 0 Å². The lowest BCUT2D eigenvalue weighted by Crippen LogP contribution is -2.15. The molecule has 170 valence electrons. The molecule has 1 amide bonds. The lowest BCUT2D eigenvalue weighted by Gasteiger charge is -2.09. The molecule has 10 nitrogen and oxygen atoms in total. The van der Waals surface area contributed by atoms with E-state index < -0.39 is 11.3 Å². The number of fused-ring (bicyclic) bond motifs is 1. The molecule has 1 atom stereocenters. The Morgan fingerprint density at radius 2 is 1.85 bits per heavy atom. The Morgan fingerprint density at radius 3 is 2.59 bits per heavy atom. The van der Waals surface area contributed by atoms with Gasteiger partial charge in [-0.3, -0.25) is 9.00 Å². The highest BCUT2D eigenvalue weighted by molar-refractivity contribution is 7.80. The van der Waals surface area contributed by atoms with E-state index in [-0.39, 0.29) is 5.91 Å². The summed E-state index contributed by atoms with van der Waals surface area (Å²) in [6.45, 7) is 1.99. The Balaban J connectivity index is 1.52. The predicted molar refractivity (Wildman–Crippen MR) is 127 cm³/mol. The number of nitrogens with zero attached hydrogens (tertiary/aromatic N) is 5. The van der Waals surface area contributed by atoms with Gasteiger partial charge < -0.3 is 14.6 Å². The summed E-state index contributed by atoms with van der Waals surface area (Å²) in [6.07, 6.45) is 4.79. The molecule has 0 aliphatic carbocycles. The van der Waals surface area contributed by atoms with Crippen molar-refractivity contribution in [2.45, 2.75) is 6.92 Å². The number of amides is 1. The molecule has 0 aliphatic rings. The molecule has 0 saturated carbocycles. The molecule has 5 aromatic rings. The molecule has 0 radical (unpaired) electrons. The summed E-state index contributed by atoms with van der Waals surface area (Å²) < 4.78 is 27.2. The molecule has 0 fully saturated rings. The standard InChI is InChI=1S/C23H19N7O3S/c1-15-3-9-18(10-4-15)30-21(26-23(31)19-14-25-29-12-2-11-24-22(19)29)13-20(27-30)16-5-7-17(8-6-16)28-34(32)33/h2-14,28H,1H3,(H,26,31)(H,32,33)/p-1. The average molecular weight is 473 g/mol. The Bertz CT molecular complexity index is 1510. The number of hydrogen-bond donors (Lipinski definition) is 2. The Hall–Kier alpha value is -4.35. The highest BCUT2D eigenvalue weighted by Crippen LogP contribution is 2.27. The van der Waals surface area contributed by atoms with Crippen LogP contribution in [-0.2, 0) is 11.3 Å². The number of hydrogen-bond acceptors (Lipinski definition) is 6. The first kappa shape index (κ1) is 21.5. The monoisotopic (exact) mass is 472 g/mol. The van der Waals surface area contributed by atoms with Crippen molar-refractivity contribution in [2.75, 3.05) is 10.0 Å². The molecule has 0 spiro atoms. The second-order valence-corrected chi connectivity index (χ2v) is 8.15. The van der Waals surface area contributed by atoms with Crippen molar-refractivity contribution in [3.63, 3.8) is 0 Å². The number of benzene rings is 2. The molecular formula is C23H18N7O3S-. The largest absolute Gasteiger partial charge is 0.755 e. The van der Waals surface area contributed by atoms with Crippen LogP contribution in [0, 0.1) is 6.92 Å². The van der Waals surface area contributed by atoms with Gasteiger partial charge in [-0.1, -0.05) is 29.8 Å². The number of carbonyl (C=O) groups is 1. The summed E-state index contributed by atoms with van der Waals surface area (Å²) in [5.74, 6) is 0.0907. The zero-order valence-electron chi connectivity index (χ0n) is 17.9. The zero-order valence-corrected chi connectivity index (χ0v) is 18.7. The van der Waals surface area contributed by atoms with Crippen LogP contribution >= 0.6 is 0 Å². The summed E-state index contributed by atoms with van der Waals surface area (Å²) >= 11 is -2.41. The first-order valence-corrected chi connectivity index (χ1v) is 11.3. The smallest absolute Gasteiger partial charge is 0.262 e. The lowest BCUT2D eigenvalue weighted by molar-refractivity contribution is 0.102. The van der Waals surface area contributed by atoms with Crippen LogP contribution in [0.1, 0.15) is 15.9 Å². The molecule has 5 rings (SSSR count). The van der Waals surface area contributed by atoms with E-state index >= 15 is 0 Å². The SMILES string of the molecule is Cc1ccc(-n2nc(-c3ccc(NS(=O)[O-])cc3)cc2NC(=O)c2cnn3cccnc23)cc1. The van der Waals surface area contributed by atoms with Gasteiger partial charge in [0.2, 0.25) is 0 Å². The molecule has 0 bridgehead atoms. The van der Waals surface area contributed by atoms with Gasteiger partial charge >= 0.3 is 0 Å². The van der Waals surface area contributed by atoms with E-state index in [1.807, 2.05) is 31.2 Å². The maximum atomic E-state index is 13.1. The minimum atomic E-state index is -2.41. The van der Waals surface area contributed by atoms with Gasteiger partial charge in [0.05, 0.1) is 17.6 Å². The van der Waals surface area contributed by atoms with Crippen LogP contribution in [-0.4, -0.2) is 39.0 Å². The van der Waals surface area contributed by atoms with E-state index in [9.17, 15) is 13.6 Å². The maximum Gasteiger partial charge on any atom is 0.262 e. The summed E-state index contributed by atoms with van der Waals surface area (Å²) in [5.41, 5.74) is 4.43. The molecule has 3 aromatic heterocycles. The molecule has 11 heteroatoms. The fourth-order valence-corrected chi connectivity index (χ4v) is 3.80. The van der Waals surface area contributed by atoms with Crippen molar-refractivity contribution < 1.29 is 13.6 Å². The highest BCUT2D eigenvalue weighted by Gasteiger charge is 2.18. The van der Waals surface area contributed by atoms with Crippen LogP contribution in [0.25, 0.3) is 22.6 Å². The lowest BCUT2D eigenvalue weighted by atomic mass is 10.1. The van der Waals surface area contributed by atoms with E-state index in [1.165, 1.54) is 10.7 Å². The fraction of sp³-hybridized carbons (Fsp3) is 0.0435. The van der Waals surface area contributed by atoms with Crippen molar-refractivity contribution in [3.05, 3.63) is 90.4 Å². The number of nitrogens with one attached hydrogen (secondary N) is 2. The summed E-state index contributed by atoms with van der Waals surface area (Å²) in [4.78, 5) is 17.4. The fourth-order valence-electron chi connectivity index (χ4n) is 3.47. The minimum absolute atomic E-state index is 0.333. The molecule has 2 aromatic carbocycles. The Labute approximate surface area is 196 Å². The van der Waals surface area contributed by atoms with Crippen LogP contribution in [0.3, 0.4) is 0 Å². The number of aryl methyl sites for hydroxylation is 1. The summed E-state index contributed by atoms with van der Waals surface area (Å²) in [7, 11) is 0. The zero-order chi connectivity index (χ0) is 23.7. The van der Waals surface area contributed by atoms with Crippen molar-refractivity contribution in [1.82, 2.24) is 24.4 Å². The van der Waals surface area contributed by atoms with Gasteiger partial charge in [0.1, 0.15) is 11.4 Å². The number of anilines is 2. The number of rotatable bonds is 6. The van der Waals surface area contributed by atoms with Gasteiger partial charge in [0, 0.05) is 41.0 Å². The van der Waals surface area contributed by atoms with E-state index in [4.69, 9.17) is 5.10 Å². The number of carbonyl (C=O) groups excluding carboxylic acids is 1. The summed E-state index contributed by atoms with van der Waals surface area (Å²) in [5, 5.41) is 11.8. The molecule has 0 aliphatic heterocycles. The van der Waals surface area contributed by atoms with Crippen molar-refractivity contribution in [2.24, 2.45) is 0 Å². The first-order valence-electron chi connectivity index (χ1n) is 10.2. The van der Waals surface area contributed by atoms with E-state index in [1.54, 1.807) is 53.5 Å². The van der Waals surface area contributed by atoms with Gasteiger partial charge in [-0.2, -0.15) is 10.2 Å². The van der Waals surface area contributed by atoms with Crippen LogP contribution in [0.2, 0.25) is 0 Å². The van der Waals surface area contributed by atoms with Gasteiger partial charge in [-0.25, -0.2) is 14.2 Å². The highest BCUT2D eigenvalue weighted by atomic mass is 32.2. The molecule has 3 heterocycles. The molecule has 0 saturated heterocycles. The Kier molecular flexibility index (Phi) is 5.62. The third kappa shape index (κ3) is 4.29. The number of aromatic nitrogens is 5. The van der Waals surface area contributed by atoms with Crippen LogP contribution < -0.4 is 10.0 Å². The van der Waals surface area contributed by atoms with Gasteiger partial charge in [-0.05, 0) is 37.3 Å². The maximum absolute atomic E-state index is 13.1. The first-order chi connectivity index (χ1) is 16.5. The van der Waals surface area contributed by atoms with E-state index in [0.717, 1.165) is 16.8 Å². The van der Waals surface area contributed by atoms with Gasteiger partial charge in [0.25, 0.3) is 5.91 Å². The van der Waals surface area contributed by atoms with E-state index in [0.29, 0.717) is 28.4 Å². The minimum Gasteiger partial charge on any atom is -0.755 e. The van der Waals surface area contributed by atoms with Crippen LogP contribution in [0.4, 0.5) is 11.5 Å². The third-order valence-electron chi connectivity index (χ3n) is 5.14. The Morgan fingerprint density at radius 1 is 1.09 bits per heavy atom. The van der Waals surface area contributed by atoms with Gasteiger partial charge in [0.15, 0.2) is 5.65 Å². The second-order valence-electron chi connectivity index (χ2n) is 7.48. The predicted octanol–water partition coefficient (Wildman–Crippen LogP) is 3.35. The van der Waals surface area contributed by atoms with Crippen LogP contribution in [0.15, 0.2) is 79.3 Å². The van der Waals surface area contributed by atoms with Crippen molar-refractivity contribution >= 4 is 34.3 Å². The average Bonchev–Trinajstić information content (AvgIpc) is 3.44. The molecular weight excluding hydrogens is 454 g/mol. The van der Waals surface area contributed by atoms with E-state index in [2.05, 4.69) is 20.1 Å². The quantitative estimate of drug-likeness (QED) is 0.365. The topological polar surface area (TPSA) is 129 Å². The normalized spacial score (nSPS) is 11.9. The van der Waals surface area contributed by atoms with Crippen molar-refractivity contribution in [1.29, 1.82) is 0 Å².